The van der Waals surface area contributed by atoms with Crippen molar-refractivity contribution in [3.63, 3.8) is 0 Å². The lowest BCUT2D eigenvalue weighted by Crippen LogP contribution is -2.19. The predicted molar refractivity (Wildman–Crippen MR) is 72.9 cm³/mol. The standard InChI is InChI=1S/C10H12FIN2S/c11-7-3-10(9(13)4-8(7)12)14-6-1-2-15-5-6/h3-4,6,14H,1-2,5,13H2. The minimum absolute atomic E-state index is 0.210. The first-order chi connectivity index (χ1) is 7.16. The quantitative estimate of drug-likeness (QED) is 0.643. The number of nitrogens with one attached hydrogen (secondary N) is 1. The lowest BCUT2D eigenvalue weighted by Gasteiger charge is -2.15. The molecule has 2 rings (SSSR count). The van der Waals surface area contributed by atoms with Crippen LogP contribution in [-0.2, 0) is 0 Å². The topological polar surface area (TPSA) is 38.0 Å². The molecule has 0 spiro atoms. The summed E-state index contributed by atoms with van der Waals surface area (Å²) in [5.74, 6) is 2.04. The second-order valence-electron chi connectivity index (χ2n) is 3.56. The summed E-state index contributed by atoms with van der Waals surface area (Å²) in [6, 6.07) is 3.58. The number of thioether (sulfide) groups is 1. The number of hydrogen-bond acceptors (Lipinski definition) is 3. The van der Waals surface area contributed by atoms with Gasteiger partial charge in [0, 0.05) is 17.9 Å². The van der Waals surface area contributed by atoms with Gasteiger partial charge in [0.25, 0.3) is 0 Å². The highest BCUT2D eigenvalue weighted by Crippen LogP contribution is 2.27. The highest BCUT2D eigenvalue weighted by molar-refractivity contribution is 14.1. The average molecular weight is 338 g/mol. The second kappa shape index (κ2) is 4.78. The first-order valence-corrected chi connectivity index (χ1v) is 6.99. The first kappa shape index (κ1) is 11.3. The van der Waals surface area contributed by atoms with E-state index in [1.807, 2.05) is 34.4 Å². The number of anilines is 2. The molecule has 1 unspecified atom stereocenters. The Morgan fingerprint density at radius 2 is 2.33 bits per heavy atom. The SMILES string of the molecule is Nc1cc(I)c(F)cc1NC1CCSC1. The first-order valence-electron chi connectivity index (χ1n) is 4.75. The molecular formula is C10H12FIN2S. The van der Waals surface area contributed by atoms with Crippen molar-refractivity contribution in [3.05, 3.63) is 21.5 Å². The lowest BCUT2D eigenvalue weighted by atomic mass is 10.2. The normalized spacial score (nSPS) is 20.5. The van der Waals surface area contributed by atoms with Gasteiger partial charge in [-0.15, -0.1) is 0 Å². The second-order valence-corrected chi connectivity index (χ2v) is 5.87. The van der Waals surface area contributed by atoms with Crippen molar-refractivity contribution in [1.82, 2.24) is 0 Å². The van der Waals surface area contributed by atoms with Crippen molar-refractivity contribution < 1.29 is 4.39 Å². The van der Waals surface area contributed by atoms with Gasteiger partial charge in [0.05, 0.1) is 14.9 Å². The molecule has 0 aromatic heterocycles. The van der Waals surface area contributed by atoms with Gasteiger partial charge < -0.3 is 11.1 Å². The van der Waals surface area contributed by atoms with Gasteiger partial charge in [0.1, 0.15) is 5.82 Å². The van der Waals surface area contributed by atoms with E-state index in [4.69, 9.17) is 5.73 Å². The summed E-state index contributed by atoms with van der Waals surface area (Å²) in [4.78, 5) is 0. The monoisotopic (exact) mass is 338 g/mol. The summed E-state index contributed by atoms with van der Waals surface area (Å²) >= 11 is 3.86. The van der Waals surface area contributed by atoms with E-state index in [0.717, 1.165) is 17.9 Å². The molecule has 15 heavy (non-hydrogen) atoms. The van der Waals surface area contributed by atoms with Crippen LogP contribution < -0.4 is 11.1 Å². The Morgan fingerprint density at radius 3 is 3.00 bits per heavy atom. The summed E-state index contributed by atoms with van der Waals surface area (Å²) in [5.41, 5.74) is 7.17. The molecule has 3 N–H and O–H groups in total. The van der Waals surface area contributed by atoms with Gasteiger partial charge >= 0.3 is 0 Å². The molecular weight excluding hydrogens is 326 g/mol. The molecule has 0 saturated carbocycles. The van der Waals surface area contributed by atoms with E-state index in [1.54, 1.807) is 6.07 Å². The maximum absolute atomic E-state index is 13.3. The molecule has 1 heterocycles. The van der Waals surface area contributed by atoms with Crippen molar-refractivity contribution in [2.45, 2.75) is 12.5 Å². The van der Waals surface area contributed by atoms with E-state index < -0.39 is 0 Å². The van der Waals surface area contributed by atoms with Gasteiger partial charge in [-0.25, -0.2) is 4.39 Å². The molecule has 0 aliphatic carbocycles. The fourth-order valence-corrected chi connectivity index (χ4v) is 3.20. The molecule has 1 aliphatic heterocycles. The highest BCUT2D eigenvalue weighted by atomic mass is 127. The summed E-state index contributed by atoms with van der Waals surface area (Å²) in [7, 11) is 0. The molecule has 1 atom stereocenters. The molecule has 1 aliphatic rings. The number of rotatable bonds is 2. The fourth-order valence-electron chi connectivity index (χ4n) is 1.56. The Kier molecular flexibility index (Phi) is 3.60. The fraction of sp³-hybridized carbons (Fsp3) is 0.400. The van der Waals surface area contributed by atoms with Crippen LogP contribution in [0.15, 0.2) is 12.1 Å². The number of nitrogens with two attached hydrogens (primary N) is 1. The van der Waals surface area contributed by atoms with Gasteiger partial charge in [-0.05, 0) is 40.8 Å². The van der Waals surface area contributed by atoms with Crippen LogP contribution in [0.1, 0.15) is 6.42 Å². The zero-order valence-electron chi connectivity index (χ0n) is 8.09. The van der Waals surface area contributed by atoms with Crippen LogP contribution in [0.3, 0.4) is 0 Å². The van der Waals surface area contributed by atoms with Crippen LogP contribution >= 0.6 is 34.4 Å². The summed E-state index contributed by atoms with van der Waals surface area (Å²) in [6.07, 6.45) is 1.12. The van der Waals surface area contributed by atoms with Crippen molar-refractivity contribution in [1.29, 1.82) is 0 Å². The molecule has 0 bridgehead atoms. The van der Waals surface area contributed by atoms with Gasteiger partial charge in [0.15, 0.2) is 0 Å². The van der Waals surface area contributed by atoms with E-state index >= 15 is 0 Å². The Balaban J connectivity index is 2.16. The van der Waals surface area contributed by atoms with Crippen LogP contribution in [0.25, 0.3) is 0 Å². The summed E-state index contributed by atoms with van der Waals surface area (Å²) in [5, 5.41) is 3.29. The largest absolute Gasteiger partial charge is 0.397 e. The molecule has 1 aromatic carbocycles. The van der Waals surface area contributed by atoms with E-state index in [2.05, 4.69) is 5.32 Å². The predicted octanol–water partition coefficient (Wildman–Crippen LogP) is 2.93. The third kappa shape index (κ3) is 2.69. The molecule has 0 radical (unpaired) electrons. The van der Waals surface area contributed by atoms with E-state index in [9.17, 15) is 4.39 Å². The van der Waals surface area contributed by atoms with Crippen molar-refractivity contribution in [2.24, 2.45) is 0 Å². The number of nitrogen functional groups attached to an aromatic ring is 1. The maximum Gasteiger partial charge on any atom is 0.138 e. The zero-order chi connectivity index (χ0) is 10.8. The minimum atomic E-state index is -0.210. The molecule has 1 aromatic rings. The van der Waals surface area contributed by atoms with Gasteiger partial charge in [0.2, 0.25) is 0 Å². The van der Waals surface area contributed by atoms with Crippen LogP contribution in [0.2, 0.25) is 0 Å². The minimum Gasteiger partial charge on any atom is -0.397 e. The van der Waals surface area contributed by atoms with Crippen LogP contribution in [-0.4, -0.2) is 17.5 Å². The number of hydrogen-bond donors (Lipinski definition) is 2. The molecule has 1 fully saturated rings. The molecule has 0 amide bonds. The Hall–Kier alpha value is -0.170. The average Bonchev–Trinajstić information content (AvgIpc) is 2.67. The molecule has 2 nitrogen and oxygen atoms in total. The van der Waals surface area contributed by atoms with E-state index in [-0.39, 0.29) is 5.82 Å². The summed E-state index contributed by atoms with van der Waals surface area (Å²) < 4.78 is 13.9. The number of halogens is 2. The Labute approximate surface area is 106 Å². The van der Waals surface area contributed by atoms with Crippen molar-refractivity contribution in [2.75, 3.05) is 22.6 Å². The highest BCUT2D eigenvalue weighted by Gasteiger charge is 2.16. The lowest BCUT2D eigenvalue weighted by molar-refractivity contribution is 0.620. The maximum atomic E-state index is 13.3. The molecule has 82 valence electrons. The van der Waals surface area contributed by atoms with Crippen LogP contribution in [0.5, 0.6) is 0 Å². The van der Waals surface area contributed by atoms with Gasteiger partial charge in [-0.2, -0.15) is 11.8 Å². The van der Waals surface area contributed by atoms with Crippen LogP contribution in [0, 0.1) is 9.39 Å². The molecule has 5 heteroatoms. The summed E-state index contributed by atoms with van der Waals surface area (Å²) in [6.45, 7) is 0. The van der Waals surface area contributed by atoms with E-state index in [0.29, 0.717) is 15.3 Å². The smallest absolute Gasteiger partial charge is 0.138 e. The van der Waals surface area contributed by atoms with Crippen molar-refractivity contribution >= 4 is 45.7 Å². The Morgan fingerprint density at radius 1 is 1.53 bits per heavy atom. The Bertz CT molecular complexity index is 367. The van der Waals surface area contributed by atoms with Gasteiger partial charge in [-0.3, -0.25) is 0 Å². The van der Waals surface area contributed by atoms with Crippen molar-refractivity contribution in [3.8, 4) is 0 Å². The number of benzene rings is 1. The van der Waals surface area contributed by atoms with Gasteiger partial charge in [-0.1, -0.05) is 0 Å². The zero-order valence-corrected chi connectivity index (χ0v) is 11.1. The third-order valence-electron chi connectivity index (χ3n) is 2.38. The third-order valence-corrected chi connectivity index (χ3v) is 4.37. The molecule has 1 saturated heterocycles. The van der Waals surface area contributed by atoms with Crippen LogP contribution in [0.4, 0.5) is 15.8 Å². The van der Waals surface area contributed by atoms with E-state index in [1.165, 1.54) is 11.8 Å².